The van der Waals surface area contributed by atoms with E-state index in [4.69, 9.17) is 0 Å². The highest BCUT2D eigenvalue weighted by Gasteiger charge is 2.25. The van der Waals surface area contributed by atoms with Gasteiger partial charge in [0.15, 0.2) is 0 Å². The Balaban J connectivity index is 4.14. The Morgan fingerprint density at radius 2 is 1.80 bits per heavy atom. The summed E-state index contributed by atoms with van der Waals surface area (Å²) in [6, 6.07) is 0.336. The van der Waals surface area contributed by atoms with Crippen LogP contribution in [0.3, 0.4) is 0 Å². The first-order valence-corrected chi connectivity index (χ1v) is 7.32. The number of rotatable bonds is 6. The highest BCUT2D eigenvalue weighted by Crippen LogP contribution is 2.20. The van der Waals surface area contributed by atoms with E-state index in [1.807, 2.05) is 7.05 Å². The van der Waals surface area contributed by atoms with Crippen LogP contribution in [0.4, 0.5) is 0 Å². The van der Waals surface area contributed by atoms with Gasteiger partial charge in [0.05, 0.1) is 0 Å². The smallest absolute Gasteiger partial charge is 0.0393 e. The number of hydrogen-bond donors (Lipinski definition) is 1. The van der Waals surface area contributed by atoms with Crippen molar-refractivity contribution in [2.45, 2.75) is 47.1 Å². The van der Waals surface area contributed by atoms with Crippen LogP contribution in [0.5, 0.6) is 0 Å². The van der Waals surface area contributed by atoms with Crippen molar-refractivity contribution in [1.82, 2.24) is 5.32 Å². The van der Waals surface area contributed by atoms with Gasteiger partial charge in [0, 0.05) is 28.3 Å². The molecule has 0 aromatic carbocycles. The second kappa shape index (κ2) is 6.64. The molecule has 2 nitrogen and oxygen atoms in total. The molecule has 15 heavy (non-hydrogen) atoms. The van der Waals surface area contributed by atoms with Crippen LogP contribution in [0, 0.1) is 11.3 Å². The maximum absolute atomic E-state index is 11.9. The van der Waals surface area contributed by atoms with Crippen molar-refractivity contribution in [2.75, 3.05) is 18.6 Å². The maximum Gasteiger partial charge on any atom is 0.0393 e. The Hall–Kier alpha value is 0.110. The van der Waals surface area contributed by atoms with Crippen LogP contribution in [0.1, 0.15) is 41.0 Å². The normalized spacial score (nSPS) is 18.5. The quantitative estimate of drug-likeness (QED) is 0.763. The summed E-state index contributed by atoms with van der Waals surface area (Å²) >= 11 is 0. The molecule has 0 aromatic heterocycles. The first-order valence-electron chi connectivity index (χ1n) is 5.83. The van der Waals surface area contributed by atoms with Crippen LogP contribution in [-0.4, -0.2) is 28.8 Å². The maximum atomic E-state index is 11.9. The Labute approximate surface area is 97.7 Å². The third kappa shape index (κ3) is 6.31. The summed E-state index contributed by atoms with van der Waals surface area (Å²) in [6.45, 7) is 10.9. The van der Waals surface area contributed by atoms with Crippen molar-refractivity contribution in [3.63, 3.8) is 0 Å². The second-order valence-electron chi connectivity index (χ2n) is 5.49. The van der Waals surface area contributed by atoms with Gasteiger partial charge < -0.3 is 5.32 Å². The molecule has 3 heteroatoms. The van der Waals surface area contributed by atoms with Crippen molar-refractivity contribution in [3.8, 4) is 0 Å². The molecule has 0 aliphatic heterocycles. The molecule has 0 saturated heterocycles. The third-order valence-electron chi connectivity index (χ3n) is 2.91. The van der Waals surface area contributed by atoms with Gasteiger partial charge in [-0.15, -0.1) is 0 Å². The van der Waals surface area contributed by atoms with Crippen molar-refractivity contribution in [1.29, 1.82) is 0 Å². The summed E-state index contributed by atoms with van der Waals surface area (Å²) in [5.74, 6) is 2.18. The van der Waals surface area contributed by atoms with Crippen molar-refractivity contribution >= 4 is 10.8 Å². The van der Waals surface area contributed by atoms with E-state index in [2.05, 4.69) is 39.9 Å². The molecule has 0 saturated carbocycles. The summed E-state index contributed by atoms with van der Waals surface area (Å²) in [5.41, 5.74) is 0.180. The van der Waals surface area contributed by atoms with E-state index >= 15 is 0 Å². The lowest BCUT2D eigenvalue weighted by Crippen LogP contribution is -2.42. The Kier molecular flexibility index (Phi) is 6.69. The topological polar surface area (TPSA) is 29.1 Å². The Morgan fingerprint density at radius 1 is 1.27 bits per heavy atom. The lowest BCUT2D eigenvalue weighted by Gasteiger charge is -2.30. The van der Waals surface area contributed by atoms with Gasteiger partial charge in [-0.05, 0) is 18.4 Å². The van der Waals surface area contributed by atoms with Crippen molar-refractivity contribution < 1.29 is 4.21 Å². The van der Waals surface area contributed by atoms with Crippen LogP contribution in [0.25, 0.3) is 0 Å². The lowest BCUT2D eigenvalue weighted by molar-refractivity contribution is 0.304. The molecule has 0 spiro atoms. The van der Waals surface area contributed by atoms with Gasteiger partial charge >= 0.3 is 0 Å². The van der Waals surface area contributed by atoms with Crippen LogP contribution in [0.2, 0.25) is 0 Å². The predicted molar refractivity (Wildman–Crippen MR) is 69.6 cm³/mol. The van der Waals surface area contributed by atoms with Crippen molar-refractivity contribution in [3.05, 3.63) is 0 Å². The lowest BCUT2D eigenvalue weighted by atomic mass is 9.88. The zero-order valence-electron chi connectivity index (χ0n) is 11.1. The fourth-order valence-corrected chi connectivity index (χ4v) is 3.50. The van der Waals surface area contributed by atoms with E-state index in [0.29, 0.717) is 12.0 Å². The standard InChI is InChI=1S/C12H27NOS/c1-7-10(2)8-15(14)9-11(13-6)12(3,4)5/h10-11,13H,7-9H2,1-6H3. The molecular formula is C12H27NOS. The molecule has 0 rings (SSSR count). The highest BCUT2D eigenvalue weighted by atomic mass is 32.2. The largest absolute Gasteiger partial charge is 0.316 e. The zero-order chi connectivity index (χ0) is 12.1. The van der Waals surface area contributed by atoms with Crippen LogP contribution >= 0.6 is 0 Å². The second-order valence-corrected chi connectivity index (χ2v) is 7.04. The van der Waals surface area contributed by atoms with Crippen LogP contribution in [-0.2, 0) is 10.8 Å². The van der Waals surface area contributed by atoms with E-state index in [9.17, 15) is 4.21 Å². The summed E-state index contributed by atoms with van der Waals surface area (Å²) < 4.78 is 11.9. The van der Waals surface area contributed by atoms with E-state index in [1.54, 1.807) is 0 Å². The third-order valence-corrected chi connectivity index (χ3v) is 4.56. The van der Waals surface area contributed by atoms with Gasteiger partial charge in [0.25, 0.3) is 0 Å². The van der Waals surface area contributed by atoms with Gasteiger partial charge in [-0.2, -0.15) is 0 Å². The summed E-state index contributed by atoms with van der Waals surface area (Å²) in [4.78, 5) is 0. The molecule has 0 bridgehead atoms. The van der Waals surface area contributed by atoms with E-state index in [0.717, 1.165) is 17.9 Å². The van der Waals surface area contributed by atoms with E-state index in [1.165, 1.54) is 0 Å². The molecule has 3 atom stereocenters. The van der Waals surface area contributed by atoms with Gasteiger partial charge in [0.2, 0.25) is 0 Å². The predicted octanol–water partition coefficient (Wildman–Crippen LogP) is 2.42. The van der Waals surface area contributed by atoms with E-state index < -0.39 is 10.8 Å². The molecule has 0 aliphatic rings. The molecule has 0 aliphatic carbocycles. The summed E-state index contributed by atoms with van der Waals surface area (Å²) in [7, 11) is 1.27. The first-order chi connectivity index (χ1) is 6.81. The Morgan fingerprint density at radius 3 is 2.13 bits per heavy atom. The molecule has 0 heterocycles. The van der Waals surface area contributed by atoms with Gasteiger partial charge in [-0.1, -0.05) is 41.0 Å². The fraction of sp³-hybridized carbons (Fsp3) is 1.00. The first kappa shape index (κ1) is 15.1. The average molecular weight is 233 g/mol. The molecule has 0 amide bonds. The number of nitrogens with one attached hydrogen (secondary N) is 1. The SMILES string of the molecule is CCC(C)CS(=O)CC(NC)C(C)(C)C. The van der Waals surface area contributed by atoms with Gasteiger partial charge in [-0.25, -0.2) is 0 Å². The fourth-order valence-electron chi connectivity index (χ4n) is 1.46. The minimum atomic E-state index is -0.689. The zero-order valence-corrected chi connectivity index (χ0v) is 11.9. The Bertz CT molecular complexity index is 198. The van der Waals surface area contributed by atoms with Crippen LogP contribution in [0.15, 0.2) is 0 Å². The molecular weight excluding hydrogens is 206 g/mol. The minimum absolute atomic E-state index is 0.180. The summed E-state index contributed by atoms with van der Waals surface area (Å²) in [6.07, 6.45) is 1.12. The van der Waals surface area contributed by atoms with Crippen LogP contribution < -0.4 is 5.32 Å². The average Bonchev–Trinajstić information content (AvgIpc) is 2.12. The molecule has 0 aromatic rings. The summed E-state index contributed by atoms with van der Waals surface area (Å²) in [5, 5.41) is 3.27. The minimum Gasteiger partial charge on any atom is -0.316 e. The monoisotopic (exact) mass is 233 g/mol. The molecule has 92 valence electrons. The van der Waals surface area contributed by atoms with E-state index in [-0.39, 0.29) is 5.41 Å². The van der Waals surface area contributed by atoms with Gasteiger partial charge in [0.1, 0.15) is 0 Å². The van der Waals surface area contributed by atoms with Gasteiger partial charge in [-0.3, -0.25) is 4.21 Å². The highest BCUT2D eigenvalue weighted by molar-refractivity contribution is 7.85. The molecule has 0 radical (unpaired) electrons. The van der Waals surface area contributed by atoms with Crippen molar-refractivity contribution in [2.24, 2.45) is 11.3 Å². The molecule has 3 unspecified atom stereocenters. The molecule has 1 N–H and O–H groups in total. The number of hydrogen-bond acceptors (Lipinski definition) is 2. The molecule has 0 fully saturated rings.